The van der Waals surface area contributed by atoms with E-state index in [0.717, 1.165) is 44.2 Å². The quantitative estimate of drug-likeness (QED) is 0.622. The molecule has 156 valence electrons. The molecule has 0 unspecified atom stereocenters. The van der Waals surface area contributed by atoms with Crippen molar-refractivity contribution in [3.05, 3.63) is 53.5 Å². The van der Waals surface area contributed by atoms with Crippen molar-refractivity contribution in [2.75, 3.05) is 19.6 Å². The zero-order valence-corrected chi connectivity index (χ0v) is 17.1. The molecule has 0 amide bonds. The Balaban J connectivity index is 1.63. The highest BCUT2D eigenvalue weighted by Crippen LogP contribution is 2.47. The normalized spacial score (nSPS) is 17.8. The van der Waals surface area contributed by atoms with Crippen molar-refractivity contribution < 1.29 is 13.2 Å². The number of hydrogen-bond acceptors (Lipinski definition) is 2. The number of piperidine rings is 1. The second-order valence-corrected chi connectivity index (χ2v) is 8.93. The van der Waals surface area contributed by atoms with Crippen LogP contribution in [-0.4, -0.2) is 34.3 Å². The summed E-state index contributed by atoms with van der Waals surface area (Å²) in [5, 5.41) is 3.61. The van der Waals surface area contributed by atoms with Gasteiger partial charge in [0.05, 0.1) is 5.69 Å². The van der Waals surface area contributed by atoms with Crippen LogP contribution in [0.25, 0.3) is 16.1 Å². The van der Waals surface area contributed by atoms with Crippen LogP contribution in [0.15, 0.2) is 36.5 Å². The third-order valence-electron chi connectivity index (χ3n) is 6.29. The van der Waals surface area contributed by atoms with Crippen LogP contribution in [-0.2, 0) is 12.8 Å². The summed E-state index contributed by atoms with van der Waals surface area (Å²) in [6.45, 7) is 17.3. The number of nitrogens with zero attached hydrogens (tertiary/aromatic N) is 4. The summed E-state index contributed by atoms with van der Waals surface area (Å²) in [6.07, 6.45) is -1.55. The summed E-state index contributed by atoms with van der Waals surface area (Å²) in [7, 11) is 0. The lowest BCUT2D eigenvalue weighted by Gasteiger charge is -2.46. The van der Waals surface area contributed by atoms with E-state index in [0.29, 0.717) is 17.8 Å². The van der Waals surface area contributed by atoms with Gasteiger partial charge in [-0.1, -0.05) is 45.0 Å². The van der Waals surface area contributed by atoms with Gasteiger partial charge in [-0.15, -0.1) is 13.2 Å². The molecule has 4 nitrogen and oxygen atoms in total. The molecule has 0 saturated carbocycles. The van der Waals surface area contributed by atoms with Gasteiger partial charge in [0, 0.05) is 23.7 Å². The highest BCUT2D eigenvalue weighted by molar-refractivity contribution is 5.58. The Hall–Kier alpha value is -2.33. The Kier molecular flexibility index (Phi) is 5.77. The van der Waals surface area contributed by atoms with Crippen LogP contribution in [0.1, 0.15) is 39.2 Å². The van der Waals surface area contributed by atoms with Gasteiger partial charge in [-0.3, -0.25) is 4.90 Å². The first kappa shape index (κ1) is 21.4. The maximum Gasteiger partial charge on any atom is 0.504 e. The molecule has 1 aliphatic heterocycles. The summed E-state index contributed by atoms with van der Waals surface area (Å²) in [6, 6.07) is 8.91. The number of benzene rings is 1. The zero-order chi connectivity index (χ0) is 21.3. The molecular weight excluding hydrogens is 377 g/mol. The molecular formula is C22H27F3N4. The topological polar surface area (TPSA) is 25.4 Å². The van der Waals surface area contributed by atoms with Crippen molar-refractivity contribution in [2.45, 2.75) is 46.5 Å². The Morgan fingerprint density at radius 2 is 1.69 bits per heavy atom. The van der Waals surface area contributed by atoms with E-state index in [9.17, 15) is 13.2 Å². The first-order valence-corrected chi connectivity index (χ1v) is 9.82. The predicted molar refractivity (Wildman–Crippen MR) is 107 cm³/mol. The Bertz CT molecular complexity index is 861. The van der Waals surface area contributed by atoms with Gasteiger partial charge in [-0.05, 0) is 43.0 Å². The van der Waals surface area contributed by atoms with Crippen LogP contribution in [0.3, 0.4) is 0 Å². The molecule has 3 rings (SSSR count). The van der Waals surface area contributed by atoms with Crippen molar-refractivity contribution in [3.63, 3.8) is 0 Å². The number of likely N-dealkylation sites (tertiary alicyclic amines) is 1. The van der Waals surface area contributed by atoms with Crippen LogP contribution in [0.2, 0.25) is 0 Å². The smallest absolute Gasteiger partial charge is 0.316 e. The van der Waals surface area contributed by atoms with Crippen LogP contribution in [0, 0.1) is 17.4 Å². The maximum atomic E-state index is 12.7. The van der Waals surface area contributed by atoms with E-state index >= 15 is 0 Å². The SMILES string of the molecule is [C-]#[N+]CC1(C(C)(C)C)CCN(Cc2ccc(-c3ccn(C(F)(F)F)n3)cc2)CC1. The summed E-state index contributed by atoms with van der Waals surface area (Å²) >= 11 is 0. The molecule has 0 bridgehead atoms. The molecule has 2 heterocycles. The van der Waals surface area contributed by atoms with Gasteiger partial charge < -0.3 is 4.85 Å². The predicted octanol–water partition coefficient (Wildman–Crippen LogP) is 5.57. The molecule has 0 aliphatic carbocycles. The minimum Gasteiger partial charge on any atom is -0.316 e. The summed E-state index contributed by atoms with van der Waals surface area (Å²) < 4.78 is 38.1. The van der Waals surface area contributed by atoms with Gasteiger partial charge in [0.2, 0.25) is 6.54 Å². The molecule has 1 aromatic heterocycles. The van der Waals surface area contributed by atoms with E-state index in [1.165, 1.54) is 6.07 Å². The number of alkyl halides is 3. The van der Waals surface area contributed by atoms with Crippen LogP contribution in [0.4, 0.5) is 13.2 Å². The average Bonchev–Trinajstić information content (AvgIpc) is 3.14. The number of hydrogen-bond donors (Lipinski definition) is 0. The van der Waals surface area contributed by atoms with Gasteiger partial charge in [-0.25, -0.2) is 6.57 Å². The highest BCUT2D eigenvalue weighted by Gasteiger charge is 2.46. The van der Waals surface area contributed by atoms with Gasteiger partial charge in [0.15, 0.2) is 0 Å². The molecule has 2 aromatic rings. The number of halogens is 3. The van der Waals surface area contributed by atoms with E-state index in [1.807, 2.05) is 24.3 Å². The molecule has 29 heavy (non-hydrogen) atoms. The number of aromatic nitrogens is 2. The fraction of sp³-hybridized carbons (Fsp3) is 0.545. The lowest BCUT2D eigenvalue weighted by Crippen LogP contribution is -2.47. The fourth-order valence-corrected chi connectivity index (χ4v) is 4.09. The van der Waals surface area contributed by atoms with Gasteiger partial charge in [0.25, 0.3) is 0 Å². The van der Waals surface area contributed by atoms with Gasteiger partial charge >= 0.3 is 6.30 Å². The largest absolute Gasteiger partial charge is 0.504 e. The Morgan fingerprint density at radius 1 is 1.07 bits per heavy atom. The van der Waals surface area contributed by atoms with Crippen molar-refractivity contribution in [1.29, 1.82) is 0 Å². The maximum absolute atomic E-state index is 12.7. The molecule has 0 spiro atoms. The molecule has 1 aromatic carbocycles. The minimum absolute atomic E-state index is 0.0224. The minimum atomic E-state index is -4.50. The van der Waals surface area contributed by atoms with Gasteiger partial charge in [0.1, 0.15) is 0 Å². The van der Waals surface area contributed by atoms with Crippen molar-refractivity contribution in [2.24, 2.45) is 10.8 Å². The molecule has 0 radical (unpaired) electrons. The second-order valence-electron chi connectivity index (χ2n) is 8.93. The van der Waals surface area contributed by atoms with Crippen LogP contribution in [0.5, 0.6) is 0 Å². The molecule has 0 atom stereocenters. The van der Waals surface area contributed by atoms with E-state index < -0.39 is 6.30 Å². The Labute approximate surface area is 170 Å². The van der Waals surface area contributed by atoms with E-state index in [4.69, 9.17) is 6.57 Å². The lowest BCUT2D eigenvalue weighted by atomic mass is 9.61. The second kappa shape index (κ2) is 7.83. The van der Waals surface area contributed by atoms with Crippen molar-refractivity contribution >= 4 is 0 Å². The van der Waals surface area contributed by atoms with Gasteiger partial charge in [-0.2, -0.15) is 9.78 Å². The van der Waals surface area contributed by atoms with Crippen LogP contribution < -0.4 is 0 Å². The Morgan fingerprint density at radius 3 is 2.17 bits per heavy atom. The van der Waals surface area contributed by atoms with E-state index in [2.05, 4.69) is 35.6 Å². The summed E-state index contributed by atoms with van der Waals surface area (Å²) in [4.78, 5) is 6.11. The standard InChI is InChI=1S/C22H27F3N4/c1-20(2,3)21(16-26-4)10-13-28(14-11-21)15-17-5-7-18(8-6-17)19-9-12-29(27-19)22(23,24)25/h5-9,12H,10-11,13-16H2,1-3H3. The summed E-state index contributed by atoms with van der Waals surface area (Å²) in [5.41, 5.74) is 2.26. The fourth-order valence-electron chi connectivity index (χ4n) is 4.09. The molecule has 1 saturated heterocycles. The van der Waals surface area contributed by atoms with E-state index in [-0.39, 0.29) is 15.5 Å². The summed E-state index contributed by atoms with van der Waals surface area (Å²) in [5.74, 6) is 0. The lowest BCUT2D eigenvalue weighted by molar-refractivity contribution is -0.212. The third kappa shape index (κ3) is 4.64. The third-order valence-corrected chi connectivity index (χ3v) is 6.29. The van der Waals surface area contributed by atoms with Crippen LogP contribution >= 0.6 is 0 Å². The first-order valence-electron chi connectivity index (χ1n) is 9.82. The highest BCUT2D eigenvalue weighted by atomic mass is 19.4. The molecule has 0 N–H and O–H groups in total. The average molecular weight is 404 g/mol. The zero-order valence-electron chi connectivity index (χ0n) is 17.1. The molecule has 1 fully saturated rings. The van der Waals surface area contributed by atoms with Crippen molar-refractivity contribution in [1.82, 2.24) is 14.7 Å². The number of rotatable bonds is 4. The first-order chi connectivity index (χ1) is 13.5. The molecule has 7 heteroatoms. The molecule has 1 aliphatic rings. The van der Waals surface area contributed by atoms with E-state index in [1.54, 1.807) is 0 Å². The van der Waals surface area contributed by atoms with Crippen molar-refractivity contribution in [3.8, 4) is 11.3 Å². The monoisotopic (exact) mass is 404 g/mol.